The van der Waals surface area contributed by atoms with Crippen LogP contribution in [0.2, 0.25) is 0 Å². The first-order valence-corrected chi connectivity index (χ1v) is 11.7. The number of para-hydroxylation sites is 1. The molecular formula is C31H29F2N. The molecule has 0 amide bonds. The van der Waals surface area contributed by atoms with E-state index in [0.29, 0.717) is 11.4 Å². The molecule has 4 aromatic rings. The topological polar surface area (TPSA) is 3.24 Å². The number of nitrogens with zero attached hydrogens (tertiary/aromatic N) is 1. The first-order valence-electron chi connectivity index (χ1n) is 11.7. The second-order valence-corrected chi connectivity index (χ2v) is 10.6. The molecule has 0 radical (unpaired) electrons. The summed E-state index contributed by atoms with van der Waals surface area (Å²) in [6.45, 7) is 10.3. The predicted octanol–water partition coefficient (Wildman–Crippen LogP) is 8.87. The Morgan fingerprint density at radius 1 is 0.618 bits per heavy atom. The zero-order valence-electron chi connectivity index (χ0n) is 20.3. The van der Waals surface area contributed by atoms with Gasteiger partial charge < -0.3 is 4.90 Å². The molecule has 0 bridgehead atoms. The van der Waals surface area contributed by atoms with Crippen LogP contribution in [0.4, 0.5) is 20.2 Å². The van der Waals surface area contributed by atoms with E-state index in [1.54, 1.807) is 35.2 Å². The Morgan fingerprint density at radius 2 is 1.21 bits per heavy atom. The first kappa shape index (κ1) is 22.3. The van der Waals surface area contributed by atoms with Crippen molar-refractivity contribution in [2.45, 2.75) is 45.6 Å². The van der Waals surface area contributed by atoms with Crippen LogP contribution < -0.4 is 4.90 Å². The number of rotatable bonds is 3. The van der Waals surface area contributed by atoms with Crippen LogP contribution in [0.15, 0.2) is 84.9 Å². The quantitative estimate of drug-likeness (QED) is 0.299. The van der Waals surface area contributed by atoms with Crippen LogP contribution in [0.5, 0.6) is 0 Å². The van der Waals surface area contributed by atoms with Crippen LogP contribution >= 0.6 is 0 Å². The fraction of sp³-hybridized carbons (Fsp3) is 0.226. The molecule has 4 aromatic carbocycles. The molecule has 0 fully saturated rings. The normalized spacial score (nSPS) is 14.0. The van der Waals surface area contributed by atoms with E-state index < -0.39 is 5.54 Å². The van der Waals surface area contributed by atoms with Crippen LogP contribution in [-0.2, 0) is 5.41 Å². The average molecular weight is 454 g/mol. The Bertz CT molecular complexity index is 1390. The number of halogens is 2. The van der Waals surface area contributed by atoms with Crippen molar-refractivity contribution >= 4 is 11.4 Å². The lowest BCUT2D eigenvalue weighted by molar-refractivity contribution is 0.527. The van der Waals surface area contributed by atoms with Crippen molar-refractivity contribution < 1.29 is 8.78 Å². The van der Waals surface area contributed by atoms with Crippen LogP contribution in [0, 0.1) is 11.6 Å². The third kappa shape index (κ3) is 3.51. The van der Waals surface area contributed by atoms with Gasteiger partial charge in [-0.2, -0.15) is 0 Å². The Balaban J connectivity index is 1.58. The third-order valence-electron chi connectivity index (χ3n) is 6.87. The molecule has 0 unspecified atom stereocenters. The average Bonchev–Trinajstić information content (AvgIpc) is 3.02. The molecule has 0 aromatic heterocycles. The minimum atomic E-state index is -0.520. The monoisotopic (exact) mass is 453 g/mol. The third-order valence-corrected chi connectivity index (χ3v) is 6.87. The van der Waals surface area contributed by atoms with E-state index in [0.717, 1.165) is 11.1 Å². The fourth-order valence-corrected chi connectivity index (χ4v) is 5.24. The summed E-state index contributed by atoms with van der Waals surface area (Å²) >= 11 is 0. The van der Waals surface area contributed by atoms with Crippen LogP contribution in [0.3, 0.4) is 0 Å². The molecule has 1 aliphatic rings. The molecule has 0 saturated carbocycles. The molecule has 5 rings (SSSR count). The molecule has 3 heteroatoms. The van der Waals surface area contributed by atoms with Crippen LogP contribution in [-0.4, -0.2) is 5.54 Å². The molecule has 1 aliphatic carbocycles. The Morgan fingerprint density at radius 3 is 1.91 bits per heavy atom. The zero-order chi connectivity index (χ0) is 24.3. The van der Waals surface area contributed by atoms with E-state index >= 15 is 4.39 Å². The van der Waals surface area contributed by atoms with Gasteiger partial charge in [0.2, 0.25) is 0 Å². The smallest absolute Gasteiger partial charge is 0.147 e. The van der Waals surface area contributed by atoms with Gasteiger partial charge in [0.1, 0.15) is 11.6 Å². The van der Waals surface area contributed by atoms with Crippen molar-refractivity contribution in [3.05, 3.63) is 108 Å². The summed E-state index contributed by atoms with van der Waals surface area (Å²) in [7, 11) is 0. The fourth-order valence-electron chi connectivity index (χ4n) is 5.24. The Hall–Kier alpha value is -3.46. The molecular weight excluding hydrogens is 424 g/mol. The van der Waals surface area contributed by atoms with Gasteiger partial charge in [0.15, 0.2) is 0 Å². The van der Waals surface area contributed by atoms with E-state index in [-0.39, 0.29) is 17.0 Å². The molecule has 0 heterocycles. The van der Waals surface area contributed by atoms with E-state index in [9.17, 15) is 4.39 Å². The first-order chi connectivity index (χ1) is 16.1. The van der Waals surface area contributed by atoms with Crippen molar-refractivity contribution in [2.75, 3.05) is 4.90 Å². The van der Waals surface area contributed by atoms with Gasteiger partial charge in [0.05, 0.1) is 11.4 Å². The maximum absolute atomic E-state index is 15.6. The van der Waals surface area contributed by atoms with Gasteiger partial charge >= 0.3 is 0 Å². The van der Waals surface area contributed by atoms with Crippen molar-refractivity contribution in [2.24, 2.45) is 0 Å². The summed E-state index contributed by atoms with van der Waals surface area (Å²) in [4.78, 5) is 1.73. The number of anilines is 2. The summed E-state index contributed by atoms with van der Waals surface area (Å²) in [5.41, 5.74) is 6.92. The van der Waals surface area contributed by atoms with Crippen LogP contribution in [0.25, 0.3) is 22.3 Å². The summed E-state index contributed by atoms with van der Waals surface area (Å²) in [5.74, 6) is -0.750. The minimum absolute atomic E-state index is 0.117. The molecule has 1 nitrogen and oxygen atoms in total. The second kappa shape index (κ2) is 7.80. The lowest BCUT2D eigenvalue weighted by Gasteiger charge is -2.38. The largest absolute Gasteiger partial charge is 0.331 e. The molecule has 172 valence electrons. The zero-order valence-corrected chi connectivity index (χ0v) is 20.3. The minimum Gasteiger partial charge on any atom is -0.331 e. The molecule has 0 spiro atoms. The van der Waals surface area contributed by atoms with Crippen molar-refractivity contribution in [1.29, 1.82) is 0 Å². The predicted molar refractivity (Wildman–Crippen MR) is 138 cm³/mol. The van der Waals surface area contributed by atoms with Gasteiger partial charge in [0, 0.05) is 11.0 Å². The number of hydrogen-bond donors (Lipinski definition) is 0. The molecule has 0 saturated heterocycles. The SMILES string of the molecule is CC1(C)c2ccccc2-c2ccc(-c3ccc(N(c4ccccc4F)C(C)(C)C)c(F)c3)cc21. The summed E-state index contributed by atoms with van der Waals surface area (Å²) in [5, 5.41) is 0. The summed E-state index contributed by atoms with van der Waals surface area (Å²) < 4.78 is 30.3. The van der Waals surface area contributed by atoms with E-state index in [1.807, 2.05) is 26.8 Å². The molecule has 0 aliphatic heterocycles. The molecule has 0 atom stereocenters. The highest BCUT2D eigenvalue weighted by Gasteiger charge is 2.35. The Kier molecular flexibility index (Phi) is 5.12. The maximum Gasteiger partial charge on any atom is 0.147 e. The highest BCUT2D eigenvalue weighted by molar-refractivity contribution is 5.84. The van der Waals surface area contributed by atoms with E-state index in [2.05, 4.69) is 56.3 Å². The van der Waals surface area contributed by atoms with Gasteiger partial charge in [-0.3, -0.25) is 0 Å². The van der Waals surface area contributed by atoms with E-state index in [4.69, 9.17) is 0 Å². The lowest BCUT2D eigenvalue weighted by atomic mass is 9.81. The Labute approximate surface area is 200 Å². The van der Waals surface area contributed by atoms with Gasteiger partial charge in [-0.1, -0.05) is 68.4 Å². The van der Waals surface area contributed by atoms with Gasteiger partial charge in [-0.05, 0) is 84.5 Å². The number of benzene rings is 4. The van der Waals surface area contributed by atoms with Crippen molar-refractivity contribution in [3.63, 3.8) is 0 Å². The van der Waals surface area contributed by atoms with Crippen LogP contribution in [0.1, 0.15) is 45.7 Å². The number of fused-ring (bicyclic) bond motifs is 3. The molecule has 34 heavy (non-hydrogen) atoms. The van der Waals surface area contributed by atoms with E-state index in [1.165, 1.54) is 28.3 Å². The standard InChI is InChI=1S/C31H29F2N/c1-30(2,3)34(28-13-9-8-12-26(28)32)29-17-15-21(19-27(29)33)20-14-16-23-22-10-6-7-11-24(22)31(4,5)25(23)18-20/h6-19H,1-5H3. The summed E-state index contributed by atoms with van der Waals surface area (Å²) in [6, 6.07) is 26.7. The van der Waals surface area contributed by atoms with Gasteiger partial charge in [-0.25, -0.2) is 8.78 Å². The summed E-state index contributed by atoms with van der Waals surface area (Å²) in [6.07, 6.45) is 0. The van der Waals surface area contributed by atoms with Gasteiger partial charge in [-0.15, -0.1) is 0 Å². The highest BCUT2D eigenvalue weighted by Crippen LogP contribution is 2.49. The second-order valence-electron chi connectivity index (χ2n) is 10.6. The lowest BCUT2D eigenvalue weighted by Crippen LogP contribution is -2.38. The number of hydrogen-bond acceptors (Lipinski definition) is 1. The molecule has 0 N–H and O–H groups in total. The van der Waals surface area contributed by atoms with Crippen molar-refractivity contribution in [1.82, 2.24) is 0 Å². The van der Waals surface area contributed by atoms with Gasteiger partial charge in [0.25, 0.3) is 0 Å². The van der Waals surface area contributed by atoms with Crippen molar-refractivity contribution in [3.8, 4) is 22.3 Å². The highest BCUT2D eigenvalue weighted by atomic mass is 19.1. The maximum atomic E-state index is 15.6.